The van der Waals surface area contributed by atoms with Crippen molar-refractivity contribution in [1.82, 2.24) is 0 Å². The largest absolute Gasteiger partial charge is 0.481 e. The van der Waals surface area contributed by atoms with Gasteiger partial charge in [0.2, 0.25) is 0 Å². The van der Waals surface area contributed by atoms with Gasteiger partial charge in [0.15, 0.2) is 0 Å². The maximum absolute atomic E-state index is 11.1. The van der Waals surface area contributed by atoms with E-state index in [9.17, 15) is 4.79 Å². The normalized spacial score (nSPS) is 18.5. The number of aliphatic hydroxyl groups excluding tert-OH is 1. The van der Waals surface area contributed by atoms with Crippen molar-refractivity contribution >= 4 is 5.97 Å². The number of carbonyl (C=O) groups is 1. The second-order valence-corrected chi connectivity index (χ2v) is 7.07. The van der Waals surface area contributed by atoms with Gasteiger partial charge in [-0.15, -0.1) is 0 Å². The van der Waals surface area contributed by atoms with E-state index >= 15 is 0 Å². The third kappa shape index (κ3) is 10.6. The van der Waals surface area contributed by atoms with Crippen molar-refractivity contribution in [3.8, 4) is 0 Å². The predicted molar refractivity (Wildman–Crippen MR) is 100 cm³/mol. The van der Waals surface area contributed by atoms with E-state index in [4.69, 9.17) is 10.2 Å². The number of carboxylic acids is 1. The van der Waals surface area contributed by atoms with Gasteiger partial charge in [0.05, 0.1) is 5.92 Å². The standard InChI is InChI=1S/C21H36O3/c22-18-12-17-20(21(23)24)16-9-7-5-3-1-2-4-6-8-13-19-14-10-11-15-19/h7,9-10,14,19-20,22H,1-6,8,11-13,15-18H2,(H,23,24)/b9-7+/t19-,20+/m1/s1. The Bertz CT molecular complexity index is 373. The van der Waals surface area contributed by atoms with Crippen LogP contribution in [-0.2, 0) is 4.79 Å². The lowest BCUT2D eigenvalue weighted by atomic mass is 9.99. The van der Waals surface area contributed by atoms with Crippen molar-refractivity contribution in [3.05, 3.63) is 24.3 Å². The van der Waals surface area contributed by atoms with E-state index in [2.05, 4.69) is 18.2 Å². The molecule has 0 amide bonds. The minimum atomic E-state index is -0.749. The molecule has 0 heterocycles. The zero-order valence-electron chi connectivity index (χ0n) is 15.2. The molecular formula is C21H36O3. The molecule has 2 atom stereocenters. The Morgan fingerprint density at radius 1 is 1.08 bits per heavy atom. The monoisotopic (exact) mass is 336 g/mol. The zero-order chi connectivity index (χ0) is 17.5. The minimum absolute atomic E-state index is 0.0743. The van der Waals surface area contributed by atoms with Gasteiger partial charge in [0, 0.05) is 6.61 Å². The van der Waals surface area contributed by atoms with E-state index in [1.807, 2.05) is 6.08 Å². The highest BCUT2D eigenvalue weighted by Crippen LogP contribution is 2.23. The average molecular weight is 337 g/mol. The van der Waals surface area contributed by atoms with Crippen LogP contribution in [0.25, 0.3) is 0 Å². The molecule has 0 spiro atoms. The third-order valence-corrected chi connectivity index (χ3v) is 4.96. The van der Waals surface area contributed by atoms with E-state index in [-0.39, 0.29) is 12.5 Å². The first kappa shape index (κ1) is 21.0. The van der Waals surface area contributed by atoms with Gasteiger partial charge in [-0.3, -0.25) is 4.79 Å². The fraction of sp³-hybridized carbons (Fsp3) is 0.762. The molecular weight excluding hydrogens is 300 g/mol. The lowest BCUT2D eigenvalue weighted by Gasteiger charge is -2.08. The lowest BCUT2D eigenvalue weighted by Crippen LogP contribution is -2.13. The summed E-state index contributed by atoms with van der Waals surface area (Å²) in [6.07, 6.45) is 23.6. The molecule has 0 fully saturated rings. The van der Waals surface area contributed by atoms with Crippen LogP contribution in [0.3, 0.4) is 0 Å². The fourth-order valence-corrected chi connectivity index (χ4v) is 3.37. The molecule has 0 saturated heterocycles. The van der Waals surface area contributed by atoms with Gasteiger partial charge in [0.25, 0.3) is 0 Å². The predicted octanol–water partition coefficient (Wildman–Crippen LogP) is 5.49. The average Bonchev–Trinajstić information content (AvgIpc) is 3.08. The molecule has 1 aliphatic carbocycles. The number of aliphatic hydroxyl groups is 1. The van der Waals surface area contributed by atoms with E-state index < -0.39 is 5.97 Å². The topological polar surface area (TPSA) is 57.5 Å². The van der Waals surface area contributed by atoms with E-state index in [0.29, 0.717) is 19.3 Å². The molecule has 3 nitrogen and oxygen atoms in total. The van der Waals surface area contributed by atoms with Gasteiger partial charge in [0.1, 0.15) is 0 Å². The molecule has 3 heteroatoms. The fourth-order valence-electron chi connectivity index (χ4n) is 3.37. The second-order valence-electron chi connectivity index (χ2n) is 7.07. The Labute approximate surface area is 147 Å². The summed E-state index contributed by atoms with van der Waals surface area (Å²) in [5, 5.41) is 17.9. The van der Waals surface area contributed by atoms with Gasteiger partial charge in [-0.1, -0.05) is 56.4 Å². The molecule has 1 rings (SSSR count). The summed E-state index contributed by atoms with van der Waals surface area (Å²) in [6, 6.07) is 0. The number of hydrogen-bond donors (Lipinski definition) is 2. The first-order chi connectivity index (χ1) is 11.7. The summed E-state index contributed by atoms with van der Waals surface area (Å²) in [4.78, 5) is 11.1. The van der Waals surface area contributed by atoms with Crippen LogP contribution >= 0.6 is 0 Å². The molecule has 2 N–H and O–H groups in total. The van der Waals surface area contributed by atoms with Crippen molar-refractivity contribution < 1.29 is 15.0 Å². The van der Waals surface area contributed by atoms with Crippen LogP contribution in [0.5, 0.6) is 0 Å². The molecule has 0 aliphatic heterocycles. The highest BCUT2D eigenvalue weighted by atomic mass is 16.4. The van der Waals surface area contributed by atoms with E-state index in [1.165, 1.54) is 57.8 Å². The Morgan fingerprint density at radius 3 is 2.50 bits per heavy atom. The second kappa shape index (κ2) is 14.3. The van der Waals surface area contributed by atoms with Crippen molar-refractivity contribution in [2.45, 2.75) is 83.5 Å². The Balaban J connectivity index is 1.89. The molecule has 0 unspecified atom stereocenters. The van der Waals surface area contributed by atoms with Crippen molar-refractivity contribution in [2.75, 3.05) is 6.61 Å². The molecule has 0 radical (unpaired) electrons. The van der Waals surface area contributed by atoms with Gasteiger partial charge in [-0.2, -0.15) is 0 Å². The molecule has 0 aromatic heterocycles. The minimum Gasteiger partial charge on any atom is -0.481 e. The quantitative estimate of drug-likeness (QED) is 0.307. The molecule has 0 aromatic rings. The van der Waals surface area contributed by atoms with Gasteiger partial charge < -0.3 is 10.2 Å². The molecule has 0 bridgehead atoms. The first-order valence-corrected chi connectivity index (χ1v) is 9.89. The molecule has 1 aliphatic rings. The van der Waals surface area contributed by atoms with Crippen LogP contribution in [0, 0.1) is 11.8 Å². The number of carboxylic acid groups (broad SMARTS) is 1. The van der Waals surface area contributed by atoms with Crippen LogP contribution in [0.2, 0.25) is 0 Å². The first-order valence-electron chi connectivity index (χ1n) is 9.89. The maximum atomic E-state index is 11.1. The summed E-state index contributed by atoms with van der Waals surface area (Å²) in [5.41, 5.74) is 0. The van der Waals surface area contributed by atoms with Gasteiger partial charge >= 0.3 is 5.97 Å². The summed E-state index contributed by atoms with van der Waals surface area (Å²) < 4.78 is 0. The van der Waals surface area contributed by atoms with Crippen molar-refractivity contribution in [3.63, 3.8) is 0 Å². The smallest absolute Gasteiger partial charge is 0.306 e. The van der Waals surface area contributed by atoms with Crippen molar-refractivity contribution in [2.24, 2.45) is 11.8 Å². The molecule has 0 aromatic carbocycles. The molecule has 138 valence electrons. The SMILES string of the molecule is O=C(O)[C@@H](C/C=C/CCCCCCCC[C@@H]1C=CCC1)CCCO. The summed E-state index contributed by atoms with van der Waals surface area (Å²) in [7, 11) is 0. The summed E-state index contributed by atoms with van der Waals surface area (Å²) >= 11 is 0. The van der Waals surface area contributed by atoms with Crippen molar-refractivity contribution in [1.29, 1.82) is 0 Å². The number of rotatable bonds is 15. The number of allylic oxidation sites excluding steroid dienone is 4. The zero-order valence-corrected chi connectivity index (χ0v) is 15.2. The van der Waals surface area contributed by atoms with Crippen LogP contribution in [0.4, 0.5) is 0 Å². The molecule has 0 saturated carbocycles. The van der Waals surface area contributed by atoms with Crippen LogP contribution < -0.4 is 0 Å². The Hall–Kier alpha value is -1.09. The Kier molecular flexibility index (Phi) is 12.5. The molecule has 24 heavy (non-hydrogen) atoms. The van der Waals surface area contributed by atoms with Gasteiger partial charge in [-0.25, -0.2) is 0 Å². The van der Waals surface area contributed by atoms with Crippen LogP contribution in [-0.4, -0.2) is 22.8 Å². The lowest BCUT2D eigenvalue weighted by molar-refractivity contribution is -0.141. The number of unbranched alkanes of at least 4 members (excludes halogenated alkanes) is 6. The van der Waals surface area contributed by atoms with Crippen LogP contribution in [0.1, 0.15) is 83.5 Å². The third-order valence-electron chi connectivity index (χ3n) is 4.96. The van der Waals surface area contributed by atoms with E-state index in [0.717, 1.165) is 12.3 Å². The van der Waals surface area contributed by atoms with Gasteiger partial charge in [-0.05, 0) is 57.3 Å². The Morgan fingerprint density at radius 2 is 1.83 bits per heavy atom. The highest BCUT2D eigenvalue weighted by molar-refractivity contribution is 5.70. The van der Waals surface area contributed by atoms with Crippen LogP contribution in [0.15, 0.2) is 24.3 Å². The number of hydrogen-bond acceptors (Lipinski definition) is 2. The summed E-state index contributed by atoms with van der Waals surface area (Å²) in [5.74, 6) is -0.230. The van der Waals surface area contributed by atoms with E-state index in [1.54, 1.807) is 0 Å². The summed E-state index contributed by atoms with van der Waals surface area (Å²) in [6.45, 7) is 0.0743. The highest BCUT2D eigenvalue weighted by Gasteiger charge is 2.14. The maximum Gasteiger partial charge on any atom is 0.306 e. The number of aliphatic carboxylic acids is 1.